The Morgan fingerprint density at radius 2 is 1.53 bits per heavy atom. The number of aliphatic hydroxyl groups excluding tert-OH is 5. The van der Waals surface area contributed by atoms with Gasteiger partial charge in [0.15, 0.2) is 0 Å². The van der Waals surface area contributed by atoms with Crippen molar-refractivity contribution in [2.24, 2.45) is 5.41 Å². The molecule has 0 fully saturated rings. The predicted octanol–water partition coefficient (Wildman–Crippen LogP) is -2.29. The summed E-state index contributed by atoms with van der Waals surface area (Å²) in [5, 5.41) is 44.3. The number of rotatable bonds is 9. The van der Waals surface area contributed by atoms with Gasteiger partial charge in [-0.25, -0.2) is 0 Å². The van der Waals surface area contributed by atoms with E-state index < -0.39 is 11.5 Å². The standard InChI is InChI=1S/C9H20O6/c10-3-8(14)4-15-2-1-9(5-11,6-12)7-13/h8,10-14H,1-7H2. The van der Waals surface area contributed by atoms with Crippen LogP contribution >= 0.6 is 0 Å². The van der Waals surface area contributed by atoms with Gasteiger partial charge in [0.25, 0.3) is 0 Å². The van der Waals surface area contributed by atoms with E-state index in [-0.39, 0.29) is 46.1 Å². The fourth-order valence-corrected chi connectivity index (χ4v) is 0.948. The van der Waals surface area contributed by atoms with Crippen LogP contribution in [-0.2, 0) is 4.74 Å². The first-order valence-corrected chi connectivity index (χ1v) is 4.83. The molecular formula is C9H20O6. The van der Waals surface area contributed by atoms with Crippen molar-refractivity contribution < 1.29 is 30.3 Å². The topological polar surface area (TPSA) is 110 Å². The second-order valence-electron chi connectivity index (χ2n) is 3.64. The van der Waals surface area contributed by atoms with Crippen LogP contribution in [0.5, 0.6) is 0 Å². The highest BCUT2D eigenvalue weighted by atomic mass is 16.5. The molecule has 0 aromatic rings. The van der Waals surface area contributed by atoms with Crippen LogP contribution in [0.2, 0.25) is 0 Å². The lowest BCUT2D eigenvalue weighted by Crippen LogP contribution is -2.35. The van der Waals surface area contributed by atoms with E-state index in [0.717, 1.165) is 0 Å². The van der Waals surface area contributed by atoms with E-state index in [4.69, 9.17) is 30.3 Å². The van der Waals surface area contributed by atoms with Crippen molar-refractivity contribution >= 4 is 0 Å². The molecular weight excluding hydrogens is 204 g/mol. The summed E-state index contributed by atoms with van der Waals surface area (Å²) in [6, 6.07) is 0. The molecule has 1 unspecified atom stereocenters. The van der Waals surface area contributed by atoms with Gasteiger partial charge in [-0.05, 0) is 6.42 Å². The SMILES string of the molecule is OCC(O)COCCC(CO)(CO)CO. The fourth-order valence-electron chi connectivity index (χ4n) is 0.948. The lowest BCUT2D eigenvalue weighted by molar-refractivity contribution is -0.0386. The van der Waals surface area contributed by atoms with Crippen LogP contribution < -0.4 is 0 Å². The maximum absolute atomic E-state index is 8.97. The zero-order valence-corrected chi connectivity index (χ0v) is 8.67. The minimum absolute atomic E-state index is 0.00509. The molecule has 6 nitrogen and oxygen atoms in total. The Balaban J connectivity index is 3.72. The number of ether oxygens (including phenoxy) is 1. The fraction of sp³-hybridized carbons (Fsp3) is 1.00. The lowest BCUT2D eigenvalue weighted by atomic mass is 9.88. The number of hydrogen-bond donors (Lipinski definition) is 5. The van der Waals surface area contributed by atoms with Gasteiger partial charge in [0.05, 0.1) is 33.0 Å². The van der Waals surface area contributed by atoms with Gasteiger partial charge >= 0.3 is 0 Å². The van der Waals surface area contributed by atoms with Crippen LogP contribution in [0, 0.1) is 5.41 Å². The van der Waals surface area contributed by atoms with E-state index in [2.05, 4.69) is 0 Å². The molecule has 0 aliphatic heterocycles. The molecule has 0 aromatic carbocycles. The van der Waals surface area contributed by atoms with Crippen LogP contribution in [0.25, 0.3) is 0 Å². The monoisotopic (exact) mass is 224 g/mol. The van der Waals surface area contributed by atoms with Gasteiger partial charge in [-0.2, -0.15) is 0 Å². The molecule has 15 heavy (non-hydrogen) atoms. The van der Waals surface area contributed by atoms with Gasteiger partial charge in [0.1, 0.15) is 6.10 Å². The Labute approximate surface area is 88.7 Å². The molecule has 0 spiro atoms. The van der Waals surface area contributed by atoms with Crippen molar-refractivity contribution in [3.63, 3.8) is 0 Å². The Bertz CT molecular complexity index is 139. The summed E-state index contributed by atoms with van der Waals surface area (Å²) in [5.74, 6) is 0. The average molecular weight is 224 g/mol. The molecule has 92 valence electrons. The smallest absolute Gasteiger partial charge is 0.100 e. The summed E-state index contributed by atoms with van der Waals surface area (Å²) in [4.78, 5) is 0. The molecule has 0 heterocycles. The summed E-state index contributed by atoms with van der Waals surface area (Å²) in [6.07, 6.45) is -0.633. The zero-order chi connectivity index (χ0) is 11.7. The van der Waals surface area contributed by atoms with Crippen molar-refractivity contribution in [2.45, 2.75) is 12.5 Å². The second-order valence-corrected chi connectivity index (χ2v) is 3.64. The van der Waals surface area contributed by atoms with E-state index in [1.54, 1.807) is 0 Å². The van der Waals surface area contributed by atoms with Gasteiger partial charge < -0.3 is 30.3 Å². The molecule has 5 N–H and O–H groups in total. The van der Waals surface area contributed by atoms with Gasteiger partial charge in [-0.1, -0.05) is 0 Å². The molecule has 0 aromatic heterocycles. The van der Waals surface area contributed by atoms with Crippen LogP contribution in [0.4, 0.5) is 0 Å². The number of hydrogen-bond acceptors (Lipinski definition) is 6. The van der Waals surface area contributed by atoms with Crippen LogP contribution in [0.3, 0.4) is 0 Å². The van der Waals surface area contributed by atoms with E-state index in [0.29, 0.717) is 0 Å². The minimum atomic E-state index is -0.940. The molecule has 0 amide bonds. The van der Waals surface area contributed by atoms with E-state index >= 15 is 0 Å². The third kappa shape index (κ3) is 5.41. The molecule has 0 rings (SSSR count). The Hall–Kier alpha value is -0.240. The summed E-state index contributed by atoms with van der Waals surface area (Å²) in [7, 11) is 0. The lowest BCUT2D eigenvalue weighted by Gasteiger charge is -2.27. The molecule has 6 heteroatoms. The third-order valence-electron chi connectivity index (χ3n) is 2.30. The second kappa shape index (κ2) is 7.98. The molecule has 0 radical (unpaired) electrons. The van der Waals surface area contributed by atoms with E-state index in [1.165, 1.54) is 0 Å². The first-order chi connectivity index (χ1) is 7.14. The van der Waals surface area contributed by atoms with Crippen molar-refractivity contribution in [1.29, 1.82) is 0 Å². The van der Waals surface area contributed by atoms with Crippen molar-refractivity contribution in [2.75, 3.05) is 39.6 Å². The highest BCUT2D eigenvalue weighted by Crippen LogP contribution is 2.19. The van der Waals surface area contributed by atoms with Crippen molar-refractivity contribution in [3.05, 3.63) is 0 Å². The molecule has 0 aliphatic carbocycles. The largest absolute Gasteiger partial charge is 0.396 e. The average Bonchev–Trinajstić information content (AvgIpc) is 2.30. The highest BCUT2D eigenvalue weighted by molar-refractivity contribution is 4.76. The van der Waals surface area contributed by atoms with Crippen molar-refractivity contribution in [3.8, 4) is 0 Å². The Morgan fingerprint density at radius 3 is 1.93 bits per heavy atom. The van der Waals surface area contributed by atoms with E-state index in [9.17, 15) is 0 Å². The third-order valence-corrected chi connectivity index (χ3v) is 2.30. The normalized spacial score (nSPS) is 14.2. The van der Waals surface area contributed by atoms with E-state index in [1.807, 2.05) is 0 Å². The van der Waals surface area contributed by atoms with Crippen LogP contribution in [-0.4, -0.2) is 71.3 Å². The summed E-state index contributed by atoms with van der Waals surface area (Å²) in [5.41, 5.74) is -0.940. The van der Waals surface area contributed by atoms with Gasteiger partial charge in [0.2, 0.25) is 0 Å². The van der Waals surface area contributed by atoms with Crippen LogP contribution in [0.15, 0.2) is 0 Å². The molecule has 0 saturated carbocycles. The number of aliphatic hydroxyl groups is 5. The molecule has 1 atom stereocenters. The molecule has 0 saturated heterocycles. The van der Waals surface area contributed by atoms with Gasteiger partial charge in [-0.15, -0.1) is 0 Å². The van der Waals surface area contributed by atoms with Gasteiger partial charge in [-0.3, -0.25) is 0 Å². The predicted molar refractivity (Wildman–Crippen MR) is 52.2 cm³/mol. The minimum Gasteiger partial charge on any atom is -0.396 e. The maximum Gasteiger partial charge on any atom is 0.100 e. The quantitative estimate of drug-likeness (QED) is 0.282. The van der Waals surface area contributed by atoms with Crippen LogP contribution in [0.1, 0.15) is 6.42 Å². The summed E-state index contributed by atoms with van der Waals surface area (Å²) in [6.45, 7) is -1.16. The maximum atomic E-state index is 8.97. The first kappa shape index (κ1) is 14.8. The van der Waals surface area contributed by atoms with Crippen molar-refractivity contribution in [1.82, 2.24) is 0 Å². The Morgan fingerprint density at radius 1 is 1.00 bits per heavy atom. The highest BCUT2D eigenvalue weighted by Gasteiger charge is 2.27. The summed E-state index contributed by atoms with van der Waals surface area (Å²) >= 11 is 0. The Kier molecular flexibility index (Phi) is 7.85. The zero-order valence-electron chi connectivity index (χ0n) is 8.67. The molecule has 0 aliphatic rings. The first-order valence-electron chi connectivity index (χ1n) is 4.83. The van der Waals surface area contributed by atoms with Gasteiger partial charge in [0, 0.05) is 12.0 Å². The summed E-state index contributed by atoms with van der Waals surface area (Å²) < 4.78 is 5.00. The molecule has 0 bridgehead atoms.